The van der Waals surface area contributed by atoms with Crippen molar-refractivity contribution in [1.82, 2.24) is 24.3 Å². The Balaban J connectivity index is 1.60. The van der Waals surface area contributed by atoms with E-state index in [-0.39, 0.29) is 12.4 Å². The van der Waals surface area contributed by atoms with E-state index in [4.69, 9.17) is 9.47 Å². The summed E-state index contributed by atoms with van der Waals surface area (Å²) >= 11 is 0. The smallest absolute Gasteiger partial charge is 0.171 e. The number of hydrogen-bond donors (Lipinski definition) is 0. The molecule has 1 aliphatic rings. The first-order valence-electron chi connectivity index (χ1n) is 9.13. The van der Waals surface area contributed by atoms with Gasteiger partial charge in [0.25, 0.3) is 0 Å². The van der Waals surface area contributed by atoms with Crippen LogP contribution in [0.2, 0.25) is 0 Å². The molecule has 4 aromatic rings. The molecule has 0 spiro atoms. The number of benzene rings is 2. The van der Waals surface area contributed by atoms with E-state index in [1.54, 1.807) is 25.6 Å². The monoisotopic (exact) mass is 402 g/mol. The summed E-state index contributed by atoms with van der Waals surface area (Å²) in [5.41, 5.74) is 2.70. The van der Waals surface area contributed by atoms with E-state index in [0.717, 1.165) is 16.9 Å². The molecule has 0 saturated carbocycles. The molecular formula is C21H15FN6O2. The van der Waals surface area contributed by atoms with Crippen LogP contribution in [0.3, 0.4) is 0 Å². The molecule has 3 heterocycles. The van der Waals surface area contributed by atoms with Gasteiger partial charge in [0.15, 0.2) is 17.3 Å². The van der Waals surface area contributed by atoms with Crippen LogP contribution >= 0.6 is 0 Å². The zero-order valence-corrected chi connectivity index (χ0v) is 15.9. The molecule has 30 heavy (non-hydrogen) atoms. The second-order valence-electron chi connectivity index (χ2n) is 6.67. The highest BCUT2D eigenvalue weighted by Crippen LogP contribution is 2.34. The topological polar surface area (TPSA) is 90.8 Å². The lowest BCUT2D eigenvalue weighted by molar-refractivity contribution is 0.289. The first kappa shape index (κ1) is 17.9. The van der Waals surface area contributed by atoms with Crippen molar-refractivity contribution in [2.45, 2.75) is 13.2 Å². The highest BCUT2D eigenvalue weighted by Gasteiger charge is 2.26. The Morgan fingerprint density at radius 2 is 1.93 bits per heavy atom. The fraction of sp³-hybridized carbons (Fsp3) is 0.143. The first-order valence-corrected chi connectivity index (χ1v) is 9.13. The summed E-state index contributed by atoms with van der Waals surface area (Å²) in [5.74, 6) is 2.07. The fourth-order valence-electron chi connectivity index (χ4n) is 3.49. The number of imidazole rings is 1. The van der Waals surface area contributed by atoms with Gasteiger partial charge in [0, 0.05) is 5.56 Å². The van der Waals surface area contributed by atoms with E-state index in [1.165, 1.54) is 12.1 Å². The zero-order chi connectivity index (χ0) is 20.7. The number of nitriles is 1. The minimum atomic E-state index is -0.332. The van der Waals surface area contributed by atoms with Gasteiger partial charge in [-0.1, -0.05) is 0 Å². The molecule has 1 aliphatic heterocycles. The van der Waals surface area contributed by atoms with Crippen molar-refractivity contribution < 1.29 is 13.9 Å². The number of halogens is 1. The molecule has 0 atom stereocenters. The van der Waals surface area contributed by atoms with E-state index in [9.17, 15) is 9.65 Å². The highest BCUT2D eigenvalue weighted by molar-refractivity contribution is 5.71. The summed E-state index contributed by atoms with van der Waals surface area (Å²) in [6.07, 6.45) is 1.63. The molecular weight excluding hydrogens is 387 g/mol. The van der Waals surface area contributed by atoms with Gasteiger partial charge in [-0.3, -0.25) is 4.57 Å². The number of methoxy groups -OCH3 is 1. The third-order valence-electron chi connectivity index (χ3n) is 4.99. The average Bonchev–Trinajstić information content (AvgIpc) is 3.34. The van der Waals surface area contributed by atoms with Crippen molar-refractivity contribution >= 4 is 0 Å². The van der Waals surface area contributed by atoms with Crippen molar-refractivity contribution in [1.29, 1.82) is 5.26 Å². The summed E-state index contributed by atoms with van der Waals surface area (Å²) in [6, 6.07) is 13.5. The molecule has 8 nitrogen and oxygen atoms in total. The maximum absolute atomic E-state index is 13.1. The Hall–Kier alpha value is -4.19. The van der Waals surface area contributed by atoms with Gasteiger partial charge < -0.3 is 14.0 Å². The summed E-state index contributed by atoms with van der Waals surface area (Å²) in [4.78, 5) is 4.24. The van der Waals surface area contributed by atoms with Crippen LogP contribution in [0.25, 0.3) is 17.1 Å². The van der Waals surface area contributed by atoms with Crippen molar-refractivity contribution in [2.24, 2.45) is 0 Å². The number of nitrogens with zero attached hydrogens (tertiary/aromatic N) is 6. The Kier molecular flexibility index (Phi) is 4.17. The molecule has 0 fully saturated rings. The Morgan fingerprint density at radius 3 is 2.70 bits per heavy atom. The summed E-state index contributed by atoms with van der Waals surface area (Å²) in [6.45, 7) is 0.484. The Bertz CT molecular complexity index is 1290. The zero-order valence-electron chi connectivity index (χ0n) is 15.9. The van der Waals surface area contributed by atoms with Gasteiger partial charge in [-0.15, -0.1) is 10.2 Å². The van der Waals surface area contributed by atoms with Gasteiger partial charge in [0.1, 0.15) is 36.3 Å². The molecule has 0 N–H and O–H groups in total. The fourth-order valence-corrected chi connectivity index (χ4v) is 3.49. The Labute approximate surface area is 170 Å². The van der Waals surface area contributed by atoms with E-state index in [1.807, 2.05) is 27.3 Å². The maximum Gasteiger partial charge on any atom is 0.171 e. The largest absolute Gasteiger partial charge is 0.497 e. The van der Waals surface area contributed by atoms with Crippen LogP contribution in [0.1, 0.15) is 17.2 Å². The van der Waals surface area contributed by atoms with Crippen LogP contribution in [0.15, 0.2) is 48.8 Å². The summed E-state index contributed by atoms with van der Waals surface area (Å²) < 4.78 is 28.1. The third kappa shape index (κ3) is 2.86. The molecule has 5 rings (SSSR count). The third-order valence-corrected chi connectivity index (χ3v) is 4.99. The van der Waals surface area contributed by atoms with Crippen LogP contribution in [-0.2, 0) is 13.2 Å². The SMILES string of the molecule is COc1ccc2c(c1)-c1nnc(COc3ccc(F)cc3)n1Cc1c(C#N)ncn1-2. The van der Waals surface area contributed by atoms with E-state index >= 15 is 0 Å². The molecule has 0 radical (unpaired) electrons. The molecule has 2 aromatic carbocycles. The van der Waals surface area contributed by atoms with Crippen molar-refractivity contribution in [2.75, 3.05) is 7.11 Å². The van der Waals surface area contributed by atoms with Crippen molar-refractivity contribution in [3.8, 4) is 34.6 Å². The lowest BCUT2D eigenvalue weighted by atomic mass is 10.1. The van der Waals surface area contributed by atoms with E-state index in [2.05, 4.69) is 21.3 Å². The molecule has 148 valence electrons. The Morgan fingerprint density at radius 1 is 1.13 bits per heavy atom. The van der Waals surface area contributed by atoms with Crippen LogP contribution in [0, 0.1) is 17.1 Å². The van der Waals surface area contributed by atoms with Crippen LogP contribution in [0.4, 0.5) is 4.39 Å². The highest BCUT2D eigenvalue weighted by atomic mass is 19.1. The van der Waals surface area contributed by atoms with Crippen LogP contribution < -0.4 is 9.47 Å². The molecule has 0 bridgehead atoms. The first-order chi connectivity index (χ1) is 14.7. The molecule has 2 aromatic heterocycles. The number of hydrogen-bond acceptors (Lipinski definition) is 6. The van der Waals surface area contributed by atoms with Gasteiger partial charge in [-0.2, -0.15) is 5.26 Å². The molecule has 9 heteroatoms. The minimum Gasteiger partial charge on any atom is -0.497 e. The predicted molar refractivity (Wildman–Crippen MR) is 104 cm³/mol. The van der Waals surface area contributed by atoms with E-state index < -0.39 is 0 Å². The van der Waals surface area contributed by atoms with Crippen molar-refractivity contribution in [3.05, 3.63) is 71.8 Å². The molecule has 0 saturated heterocycles. The minimum absolute atomic E-state index is 0.133. The number of rotatable bonds is 4. The van der Waals surface area contributed by atoms with Gasteiger partial charge in [0.05, 0.1) is 25.0 Å². The van der Waals surface area contributed by atoms with Gasteiger partial charge in [-0.25, -0.2) is 9.37 Å². The van der Waals surface area contributed by atoms with Crippen molar-refractivity contribution in [3.63, 3.8) is 0 Å². The van der Waals surface area contributed by atoms with Gasteiger partial charge >= 0.3 is 0 Å². The molecule has 0 aliphatic carbocycles. The predicted octanol–water partition coefficient (Wildman–Crippen LogP) is 3.09. The molecule has 0 amide bonds. The number of ether oxygens (including phenoxy) is 2. The molecule has 0 unspecified atom stereocenters. The van der Waals surface area contributed by atoms with Crippen LogP contribution in [0.5, 0.6) is 11.5 Å². The number of aromatic nitrogens is 5. The lowest BCUT2D eigenvalue weighted by Crippen LogP contribution is -2.10. The van der Waals surface area contributed by atoms with Crippen LogP contribution in [-0.4, -0.2) is 31.4 Å². The van der Waals surface area contributed by atoms with E-state index in [0.29, 0.717) is 35.4 Å². The van der Waals surface area contributed by atoms with Gasteiger partial charge in [0.2, 0.25) is 0 Å². The second-order valence-corrected chi connectivity index (χ2v) is 6.67. The van der Waals surface area contributed by atoms with Gasteiger partial charge in [-0.05, 0) is 42.5 Å². The summed E-state index contributed by atoms with van der Waals surface area (Å²) in [7, 11) is 1.60. The average molecular weight is 402 g/mol. The number of fused-ring (bicyclic) bond motifs is 5. The normalized spacial score (nSPS) is 11.6. The summed E-state index contributed by atoms with van der Waals surface area (Å²) in [5, 5.41) is 18.2. The lowest BCUT2D eigenvalue weighted by Gasteiger charge is -2.10. The second kappa shape index (κ2) is 7.00. The standard InChI is InChI=1S/C21H15FN6O2/c1-29-15-6-7-18-16(8-15)21-26-25-20(11-30-14-4-2-13(22)3-5-14)27(21)10-19-17(9-23)24-12-28(18)19/h2-8,12H,10-11H2,1H3. The quantitative estimate of drug-likeness (QED) is 0.459. The maximum atomic E-state index is 13.1.